The van der Waals surface area contributed by atoms with Crippen LogP contribution in [0.5, 0.6) is 0 Å². The van der Waals surface area contributed by atoms with E-state index in [2.05, 4.69) is 32.0 Å². The molecule has 1 heteroatoms. The molecule has 1 atom stereocenters. The van der Waals surface area contributed by atoms with Crippen LogP contribution in [0.25, 0.3) is 0 Å². The molecule has 16 heavy (non-hydrogen) atoms. The molecule has 1 aliphatic heterocycles. The maximum absolute atomic E-state index is 5.54. The number of ether oxygens (including phenoxy) is 1. The molecule has 0 radical (unpaired) electrons. The first-order valence-corrected chi connectivity index (χ1v) is 6.46. The molecule has 2 rings (SSSR count). The summed E-state index contributed by atoms with van der Waals surface area (Å²) in [5.74, 6) is 0. The van der Waals surface area contributed by atoms with Crippen molar-refractivity contribution in [2.45, 2.75) is 60.7 Å². The van der Waals surface area contributed by atoms with E-state index in [0.717, 1.165) is 13.0 Å². The maximum Gasteiger partial charge on any atom is 0.0723 e. The average molecular weight is 222 g/mol. The normalized spacial score (nSPS) is 17.2. The zero-order valence-corrected chi connectivity index (χ0v) is 11.6. The molecule has 0 spiro atoms. The van der Waals surface area contributed by atoms with E-state index in [0.29, 0.717) is 6.10 Å². The minimum Gasteiger partial charge on any atom is -0.373 e. The Morgan fingerprint density at radius 3 is 2.31 bits per heavy atom. The predicted molar refractivity (Wildman–Crippen MR) is 71.8 cm³/mol. The Balaban J connectivity index is 0.000000509. The first-order chi connectivity index (χ1) is 7.75. The number of hydrogen-bond donors (Lipinski definition) is 0. The van der Waals surface area contributed by atoms with Crippen molar-refractivity contribution >= 4 is 0 Å². The Hall–Kier alpha value is -0.820. The summed E-state index contributed by atoms with van der Waals surface area (Å²) in [6, 6.07) is 6.60. The Morgan fingerprint density at radius 1 is 1.06 bits per heavy atom. The molecule has 92 valence electrons. The molecule has 0 aliphatic carbocycles. The van der Waals surface area contributed by atoms with E-state index < -0.39 is 0 Å². The first-order valence-electron chi connectivity index (χ1n) is 6.46. The Morgan fingerprint density at radius 2 is 1.69 bits per heavy atom. The van der Waals surface area contributed by atoms with Crippen LogP contribution >= 0.6 is 0 Å². The van der Waals surface area contributed by atoms with Crippen LogP contribution < -0.4 is 0 Å². The van der Waals surface area contributed by atoms with Gasteiger partial charge in [0.2, 0.25) is 0 Å². The van der Waals surface area contributed by atoms with Gasteiger partial charge in [0, 0.05) is 0 Å². The third kappa shape index (κ3) is 4.36. The number of benzene rings is 1. The average Bonchev–Trinajstić information content (AvgIpc) is 2.33. The van der Waals surface area contributed by atoms with Crippen molar-refractivity contribution in [1.82, 2.24) is 0 Å². The highest BCUT2D eigenvalue weighted by Crippen LogP contribution is 2.21. The van der Waals surface area contributed by atoms with Gasteiger partial charge in [-0.15, -0.1) is 0 Å². The topological polar surface area (TPSA) is 9.23 Å². The summed E-state index contributed by atoms with van der Waals surface area (Å²) in [6.45, 7) is 13.1. The minimum atomic E-state index is 0.388. The quantitative estimate of drug-likeness (QED) is 0.627. The summed E-state index contributed by atoms with van der Waals surface area (Å²) in [5.41, 5.74) is 4.18. The fourth-order valence-corrected chi connectivity index (χ4v) is 1.69. The highest BCUT2D eigenvalue weighted by molar-refractivity contribution is 5.32. The van der Waals surface area contributed by atoms with E-state index in [4.69, 9.17) is 4.74 Å². The molecule has 1 aromatic carbocycles. The molecule has 1 unspecified atom stereocenters. The highest BCUT2D eigenvalue weighted by Gasteiger charge is 2.14. The van der Waals surface area contributed by atoms with Gasteiger partial charge in [0.05, 0.1) is 12.7 Å². The van der Waals surface area contributed by atoms with Crippen molar-refractivity contribution in [1.29, 1.82) is 0 Å². The Kier molecular flexibility index (Phi) is 7.92. The van der Waals surface area contributed by atoms with Gasteiger partial charge in [-0.3, -0.25) is 0 Å². The van der Waals surface area contributed by atoms with Crippen molar-refractivity contribution < 1.29 is 4.74 Å². The molecule has 1 aromatic rings. The van der Waals surface area contributed by atoms with Crippen LogP contribution in [0.15, 0.2) is 18.2 Å². The predicted octanol–water partition coefficient (Wildman–Crippen LogP) is 4.51. The number of aryl methyl sites for hydroxylation is 1. The Labute approximate surface area is 101 Å². The lowest BCUT2D eigenvalue weighted by Crippen LogP contribution is -2.18. The third-order valence-electron chi connectivity index (χ3n) is 2.39. The van der Waals surface area contributed by atoms with Gasteiger partial charge >= 0.3 is 0 Å². The van der Waals surface area contributed by atoms with E-state index in [-0.39, 0.29) is 0 Å². The summed E-state index contributed by atoms with van der Waals surface area (Å²) in [4.78, 5) is 0. The summed E-state index contributed by atoms with van der Waals surface area (Å²) in [6.07, 6.45) is 1.45. The van der Waals surface area contributed by atoms with Gasteiger partial charge in [-0.05, 0) is 31.4 Å². The monoisotopic (exact) mass is 222 g/mol. The smallest absolute Gasteiger partial charge is 0.0723 e. The van der Waals surface area contributed by atoms with E-state index in [9.17, 15) is 0 Å². The summed E-state index contributed by atoms with van der Waals surface area (Å²) >= 11 is 0. The standard InChI is InChI=1S/C11H14O.2C2H6/c1-8-3-4-10-7-12-9(2)6-11(10)5-8;2*1-2/h3-5,9H,6-7H2,1-2H3;2*1-2H3. The maximum atomic E-state index is 5.54. The summed E-state index contributed by atoms with van der Waals surface area (Å²) in [7, 11) is 0. The summed E-state index contributed by atoms with van der Waals surface area (Å²) < 4.78 is 5.54. The van der Waals surface area contributed by atoms with E-state index in [1.807, 2.05) is 27.7 Å². The van der Waals surface area contributed by atoms with Crippen LogP contribution in [0.2, 0.25) is 0 Å². The fourth-order valence-electron chi connectivity index (χ4n) is 1.69. The van der Waals surface area contributed by atoms with E-state index in [1.54, 1.807) is 0 Å². The van der Waals surface area contributed by atoms with Crippen LogP contribution in [-0.2, 0) is 17.8 Å². The lowest BCUT2D eigenvalue weighted by molar-refractivity contribution is 0.0410. The van der Waals surface area contributed by atoms with Crippen molar-refractivity contribution in [3.63, 3.8) is 0 Å². The minimum absolute atomic E-state index is 0.388. The number of hydrogen-bond acceptors (Lipinski definition) is 1. The molecule has 1 heterocycles. The zero-order valence-electron chi connectivity index (χ0n) is 11.6. The molecule has 0 amide bonds. The lowest BCUT2D eigenvalue weighted by Gasteiger charge is -2.22. The van der Waals surface area contributed by atoms with Gasteiger partial charge in [-0.25, -0.2) is 0 Å². The fraction of sp³-hybridized carbons (Fsp3) is 0.600. The van der Waals surface area contributed by atoms with Gasteiger partial charge in [0.15, 0.2) is 0 Å². The van der Waals surface area contributed by atoms with Crippen molar-refractivity contribution in [3.8, 4) is 0 Å². The molecule has 0 N–H and O–H groups in total. The van der Waals surface area contributed by atoms with E-state index in [1.165, 1.54) is 16.7 Å². The Bertz CT molecular complexity index is 291. The molecular formula is C15H26O. The second-order valence-electron chi connectivity index (χ2n) is 3.60. The van der Waals surface area contributed by atoms with Crippen LogP contribution in [0.1, 0.15) is 51.3 Å². The van der Waals surface area contributed by atoms with Gasteiger partial charge < -0.3 is 4.74 Å². The number of rotatable bonds is 0. The molecule has 1 aliphatic rings. The second-order valence-corrected chi connectivity index (χ2v) is 3.60. The van der Waals surface area contributed by atoms with Crippen molar-refractivity contribution in [2.24, 2.45) is 0 Å². The van der Waals surface area contributed by atoms with Gasteiger partial charge in [0.1, 0.15) is 0 Å². The lowest BCUT2D eigenvalue weighted by atomic mass is 9.98. The van der Waals surface area contributed by atoms with Crippen LogP contribution in [0.4, 0.5) is 0 Å². The molecule has 1 nitrogen and oxygen atoms in total. The molecule has 0 saturated heterocycles. The van der Waals surface area contributed by atoms with Gasteiger partial charge in [-0.1, -0.05) is 51.5 Å². The van der Waals surface area contributed by atoms with E-state index >= 15 is 0 Å². The molecule has 0 bridgehead atoms. The van der Waals surface area contributed by atoms with Crippen LogP contribution in [-0.4, -0.2) is 6.10 Å². The molecular weight excluding hydrogens is 196 g/mol. The van der Waals surface area contributed by atoms with Crippen molar-refractivity contribution in [2.75, 3.05) is 0 Å². The SMILES string of the molecule is CC.CC.Cc1ccc2c(c1)CC(C)OC2. The largest absolute Gasteiger partial charge is 0.373 e. The molecule has 0 fully saturated rings. The summed E-state index contributed by atoms with van der Waals surface area (Å²) in [5, 5.41) is 0. The van der Waals surface area contributed by atoms with Gasteiger partial charge in [-0.2, -0.15) is 0 Å². The zero-order chi connectivity index (χ0) is 12.6. The third-order valence-corrected chi connectivity index (χ3v) is 2.39. The number of fused-ring (bicyclic) bond motifs is 1. The molecule has 0 aromatic heterocycles. The molecule has 0 saturated carbocycles. The second kappa shape index (κ2) is 8.35. The highest BCUT2D eigenvalue weighted by atomic mass is 16.5. The van der Waals surface area contributed by atoms with Gasteiger partial charge in [0.25, 0.3) is 0 Å². The first kappa shape index (κ1) is 15.2. The van der Waals surface area contributed by atoms with Crippen LogP contribution in [0.3, 0.4) is 0 Å². The van der Waals surface area contributed by atoms with Crippen LogP contribution in [0, 0.1) is 6.92 Å². The van der Waals surface area contributed by atoms with Crippen molar-refractivity contribution in [3.05, 3.63) is 34.9 Å².